The second kappa shape index (κ2) is 8.74. The Bertz CT molecular complexity index is 1200. The van der Waals surface area contributed by atoms with Crippen LogP contribution in [0.4, 0.5) is 8.78 Å². The fraction of sp³-hybridized carbons (Fsp3) is 0.208. The lowest BCUT2D eigenvalue weighted by Crippen LogP contribution is -2.14. The third kappa shape index (κ3) is 4.16. The minimum atomic E-state index is -0.823. The highest BCUT2D eigenvalue weighted by atomic mass is 19.1. The van der Waals surface area contributed by atoms with Crippen LogP contribution in [0.5, 0.6) is 11.5 Å². The molecule has 0 fully saturated rings. The Labute approximate surface area is 183 Å². The van der Waals surface area contributed by atoms with Gasteiger partial charge in [-0.15, -0.1) is 0 Å². The number of carbonyl (C=O) groups is 1. The van der Waals surface area contributed by atoms with E-state index in [9.17, 15) is 9.90 Å². The molecule has 1 aromatic heterocycles. The van der Waals surface area contributed by atoms with Crippen molar-refractivity contribution in [1.82, 2.24) is 4.98 Å². The van der Waals surface area contributed by atoms with Gasteiger partial charge in [-0.2, -0.15) is 0 Å². The summed E-state index contributed by atoms with van der Waals surface area (Å²) in [6, 6.07) is 12.3. The highest BCUT2D eigenvalue weighted by molar-refractivity contribution is 6.02. The number of aromatic nitrogens is 1. The van der Waals surface area contributed by atoms with Crippen LogP contribution in [-0.4, -0.2) is 28.4 Å². The molecular weight excluding hydrogens is 418 g/mol. The Kier molecular flexibility index (Phi) is 5.85. The minimum absolute atomic E-state index is 0.0202. The molecule has 0 bridgehead atoms. The molecule has 3 aromatic rings. The predicted octanol–water partition coefficient (Wildman–Crippen LogP) is 4.62. The van der Waals surface area contributed by atoms with Crippen molar-refractivity contribution in [3.63, 3.8) is 0 Å². The van der Waals surface area contributed by atoms with Gasteiger partial charge in [-0.05, 0) is 42.7 Å². The lowest BCUT2D eigenvalue weighted by Gasteiger charge is -2.17. The number of pyridine rings is 1. The van der Waals surface area contributed by atoms with Gasteiger partial charge in [0.15, 0.2) is 17.4 Å². The molecule has 0 aliphatic carbocycles. The van der Waals surface area contributed by atoms with Crippen molar-refractivity contribution in [2.75, 3.05) is 6.61 Å². The van der Waals surface area contributed by atoms with Crippen molar-refractivity contribution < 1.29 is 28.3 Å². The van der Waals surface area contributed by atoms with Crippen LogP contribution in [0.1, 0.15) is 28.8 Å². The molecule has 8 heteroatoms. The molecule has 4 rings (SSSR count). The maximum Gasteiger partial charge on any atom is 0.340 e. The van der Waals surface area contributed by atoms with Crippen molar-refractivity contribution in [3.05, 3.63) is 76.5 Å². The van der Waals surface area contributed by atoms with Crippen LogP contribution in [0.25, 0.3) is 11.3 Å². The molecule has 2 aromatic carbocycles. The fourth-order valence-electron chi connectivity index (χ4n) is 3.53. The molecule has 1 aliphatic heterocycles. The molecule has 0 amide bonds. The van der Waals surface area contributed by atoms with E-state index in [-0.39, 0.29) is 42.0 Å². The molecule has 164 valence electrons. The summed E-state index contributed by atoms with van der Waals surface area (Å²) in [7, 11) is 0. The third-order valence-corrected chi connectivity index (χ3v) is 5.31. The SMILES string of the molecule is Cc1c(F)c(OCC2=NOC(=O)C2)c(F)c(C)c1Cc1ccc(O)c(-c2ccccc2)n1. The molecule has 1 aliphatic rings. The molecule has 0 spiro atoms. The van der Waals surface area contributed by atoms with Gasteiger partial charge in [0.25, 0.3) is 0 Å². The van der Waals surface area contributed by atoms with Crippen LogP contribution in [-0.2, 0) is 16.1 Å². The first-order valence-electron chi connectivity index (χ1n) is 9.95. The van der Waals surface area contributed by atoms with Gasteiger partial charge in [0.2, 0.25) is 0 Å². The Morgan fingerprint density at radius 2 is 1.75 bits per heavy atom. The van der Waals surface area contributed by atoms with E-state index in [2.05, 4.69) is 15.0 Å². The second-order valence-electron chi connectivity index (χ2n) is 7.49. The Hall–Kier alpha value is -3.81. The van der Waals surface area contributed by atoms with E-state index in [1.807, 2.05) is 30.3 Å². The topological polar surface area (TPSA) is 81.0 Å². The van der Waals surface area contributed by atoms with Crippen molar-refractivity contribution >= 4 is 11.7 Å². The van der Waals surface area contributed by atoms with Crippen LogP contribution in [0.3, 0.4) is 0 Å². The molecule has 6 nitrogen and oxygen atoms in total. The van der Waals surface area contributed by atoms with Crippen LogP contribution < -0.4 is 4.74 Å². The number of halogens is 2. The van der Waals surface area contributed by atoms with Crippen LogP contribution in [0.2, 0.25) is 0 Å². The molecule has 32 heavy (non-hydrogen) atoms. The van der Waals surface area contributed by atoms with Gasteiger partial charge in [0.05, 0.1) is 6.42 Å². The van der Waals surface area contributed by atoms with Crippen molar-refractivity contribution in [2.24, 2.45) is 5.16 Å². The highest BCUT2D eigenvalue weighted by Gasteiger charge is 2.24. The second-order valence-corrected chi connectivity index (χ2v) is 7.49. The van der Waals surface area contributed by atoms with Crippen molar-refractivity contribution in [3.8, 4) is 22.8 Å². The lowest BCUT2D eigenvalue weighted by molar-refractivity contribution is -0.140. The van der Waals surface area contributed by atoms with Crippen LogP contribution >= 0.6 is 0 Å². The zero-order chi connectivity index (χ0) is 22.8. The summed E-state index contributed by atoms with van der Waals surface area (Å²) in [4.78, 5) is 20.1. The largest absolute Gasteiger partial charge is 0.506 e. The molecule has 0 saturated heterocycles. The first-order valence-corrected chi connectivity index (χ1v) is 9.95. The van der Waals surface area contributed by atoms with E-state index < -0.39 is 23.4 Å². The Balaban J connectivity index is 1.63. The molecule has 0 atom stereocenters. The first-order chi connectivity index (χ1) is 15.3. The van der Waals surface area contributed by atoms with Gasteiger partial charge in [-0.3, -0.25) is 0 Å². The lowest BCUT2D eigenvalue weighted by atomic mass is 9.96. The number of benzene rings is 2. The van der Waals surface area contributed by atoms with Gasteiger partial charge in [-0.25, -0.2) is 18.6 Å². The number of ether oxygens (including phenoxy) is 1. The summed E-state index contributed by atoms with van der Waals surface area (Å²) < 4.78 is 35.3. The van der Waals surface area contributed by atoms with Crippen molar-refractivity contribution in [2.45, 2.75) is 26.7 Å². The van der Waals surface area contributed by atoms with Gasteiger partial charge in [-0.1, -0.05) is 35.5 Å². The molecule has 1 N–H and O–H groups in total. The normalized spacial score (nSPS) is 13.1. The van der Waals surface area contributed by atoms with E-state index in [4.69, 9.17) is 4.74 Å². The maximum atomic E-state index is 15.0. The fourth-order valence-corrected chi connectivity index (χ4v) is 3.53. The van der Waals surface area contributed by atoms with E-state index in [0.29, 0.717) is 17.0 Å². The summed E-state index contributed by atoms with van der Waals surface area (Å²) in [5.41, 5.74) is 2.85. The number of hydrogen-bond acceptors (Lipinski definition) is 6. The smallest absolute Gasteiger partial charge is 0.340 e. The van der Waals surface area contributed by atoms with Gasteiger partial charge < -0.3 is 14.7 Å². The van der Waals surface area contributed by atoms with E-state index in [0.717, 1.165) is 5.56 Å². The summed E-state index contributed by atoms with van der Waals surface area (Å²) >= 11 is 0. The standard InChI is InChI=1S/C24H20F2N2O4/c1-13-18(10-16-8-9-19(29)23(27-16)15-6-4-3-5-7-15)14(2)22(26)24(21(13)25)31-12-17-11-20(30)32-28-17/h3-9,29H,10-12H2,1-2H3. The van der Waals surface area contributed by atoms with E-state index in [1.54, 1.807) is 19.9 Å². The quantitative estimate of drug-likeness (QED) is 0.568. The zero-order valence-electron chi connectivity index (χ0n) is 17.5. The van der Waals surface area contributed by atoms with Crippen molar-refractivity contribution in [1.29, 1.82) is 0 Å². The number of oxime groups is 1. The van der Waals surface area contributed by atoms with Crippen LogP contribution in [0, 0.1) is 25.5 Å². The number of rotatable bonds is 6. The monoisotopic (exact) mass is 438 g/mol. The minimum Gasteiger partial charge on any atom is -0.506 e. The third-order valence-electron chi connectivity index (χ3n) is 5.31. The number of carbonyl (C=O) groups excluding carboxylic acids is 1. The Morgan fingerprint density at radius 3 is 2.38 bits per heavy atom. The molecule has 0 unspecified atom stereocenters. The van der Waals surface area contributed by atoms with E-state index in [1.165, 1.54) is 6.07 Å². The first kappa shape index (κ1) is 21.4. The van der Waals surface area contributed by atoms with Crippen LogP contribution in [0.15, 0.2) is 47.6 Å². The summed E-state index contributed by atoms with van der Waals surface area (Å²) in [6.07, 6.45) is 0.0938. The number of nitrogens with zero attached hydrogens (tertiary/aromatic N) is 2. The molecule has 0 saturated carbocycles. The molecule has 2 heterocycles. The average molecular weight is 438 g/mol. The number of aromatic hydroxyl groups is 1. The average Bonchev–Trinajstić information content (AvgIpc) is 3.22. The summed E-state index contributed by atoms with van der Waals surface area (Å²) in [5.74, 6) is -2.68. The summed E-state index contributed by atoms with van der Waals surface area (Å²) in [5, 5.41) is 13.7. The Morgan fingerprint density at radius 1 is 1.06 bits per heavy atom. The summed E-state index contributed by atoms with van der Waals surface area (Å²) in [6.45, 7) is 2.84. The molecule has 0 radical (unpaired) electrons. The molecular formula is C24H20F2N2O4. The predicted molar refractivity (Wildman–Crippen MR) is 114 cm³/mol. The maximum absolute atomic E-state index is 15.0. The number of hydrogen-bond donors (Lipinski definition) is 1. The zero-order valence-corrected chi connectivity index (χ0v) is 17.5. The highest BCUT2D eigenvalue weighted by Crippen LogP contribution is 2.33. The van der Waals surface area contributed by atoms with Gasteiger partial charge in [0, 0.05) is 17.7 Å². The van der Waals surface area contributed by atoms with Gasteiger partial charge in [0.1, 0.15) is 23.8 Å². The van der Waals surface area contributed by atoms with E-state index >= 15 is 8.78 Å². The van der Waals surface area contributed by atoms with Gasteiger partial charge >= 0.3 is 5.97 Å².